The Labute approximate surface area is 219 Å². The van der Waals surface area contributed by atoms with E-state index in [9.17, 15) is 9.59 Å². The number of aryl methyl sites for hydroxylation is 1. The Balaban J connectivity index is 1.15. The van der Waals surface area contributed by atoms with E-state index in [2.05, 4.69) is 35.6 Å². The minimum atomic E-state index is -0.631. The highest BCUT2D eigenvalue weighted by Crippen LogP contribution is 2.35. The lowest BCUT2D eigenvalue weighted by Crippen LogP contribution is -2.42. The van der Waals surface area contributed by atoms with Gasteiger partial charge in [0.1, 0.15) is 12.3 Å². The Morgan fingerprint density at radius 3 is 2.65 bits per heavy atom. The van der Waals surface area contributed by atoms with Gasteiger partial charge in [0, 0.05) is 54.1 Å². The van der Waals surface area contributed by atoms with E-state index in [1.807, 2.05) is 29.4 Å². The first-order chi connectivity index (χ1) is 18.0. The highest BCUT2D eigenvalue weighted by atomic mass is 16.7. The molecule has 1 aromatic heterocycles. The Kier molecular flexibility index (Phi) is 7.74. The summed E-state index contributed by atoms with van der Waals surface area (Å²) in [5.74, 6) is 0.538. The van der Waals surface area contributed by atoms with Crippen LogP contribution in [-0.4, -0.2) is 58.4 Å². The Morgan fingerprint density at radius 2 is 1.86 bits per heavy atom. The van der Waals surface area contributed by atoms with Crippen molar-refractivity contribution in [1.82, 2.24) is 14.4 Å². The lowest BCUT2D eigenvalue weighted by Gasteiger charge is -2.33. The van der Waals surface area contributed by atoms with Crippen LogP contribution < -0.4 is 5.73 Å². The molecule has 3 atom stereocenters. The molecule has 3 unspecified atom stereocenters. The van der Waals surface area contributed by atoms with Crippen molar-refractivity contribution in [3.63, 3.8) is 0 Å². The fraction of sp³-hybridized carbons (Fsp3) is 0.586. The molecule has 3 aliphatic rings. The number of fused-ring (bicyclic) bond motifs is 3. The number of hydrogen-bond donors (Lipinski definition) is 1. The average Bonchev–Trinajstić information content (AvgIpc) is 3.41. The number of ether oxygens (including phenoxy) is 2. The van der Waals surface area contributed by atoms with Crippen molar-refractivity contribution in [2.75, 3.05) is 19.8 Å². The number of Topliss-reactive ketones (excluding diaryl/α,β-unsaturated/α-hetero) is 1. The maximum Gasteiger partial charge on any atom is 0.510 e. The summed E-state index contributed by atoms with van der Waals surface area (Å²) < 4.78 is 13.4. The van der Waals surface area contributed by atoms with Crippen LogP contribution in [0.4, 0.5) is 4.79 Å². The van der Waals surface area contributed by atoms with E-state index >= 15 is 0 Å². The molecule has 2 aromatic rings. The molecule has 1 aliphatic heterocycles. The number of para-hydroxylation sites is 1. The molecule has 0 radical (unpaired) electrons. The summed E-state index contributed by atoms with van der Waals surface area (Å²) in [7, 11) is 2.05. The quantitative estimate of drug-likeness (QED) is 0.514. The van der Waals surface area contributed by atoms with Gasteiger partial charge in [-0.3, -0.25) is 4.79 Å². The van der Waals surface area contributed by atoms with E-state index in [1.54, 1.807) is 0 Å². The SMILES string of the molecule is CC1N(COC(=O)OC(CCN)C2CCCCC2)C=CN1CC1CCc2c(c3ccccc3n2C)C1=O. The smallest absolute Gasteiger partial charge is 0.431 e. The van der Waals surface area contributed by atoms with E-state index < -0.39 is 6.16 Å². The van der Waals surface area contributed by atoms with Crippen molar-refractivity contribution in [1.29, 1.82) is 0 Å². The summed E-state index contributed by atoms with van der Waals surface area (Å²) in [6, 6.07) is 8.16. The molecule has 1 fully saturated rings. The van der Waals surface area contributed by atoms with E-state index in [4.69, 9.17) is 15.2 Å². The second-order valence-corrected chi connectivity index (χ2v) is 10.8. The molecule has 2 N–H and O–H groups in total. The molecule has 8 heteroatoms. The minimum absolute atomic E-state index is 0.0207. The third-order valence-corrected chi connectivity index (χ3v) is 8.62. The van der Waals surface area contributed by atoms with Crippen molar-refractivity contribution < 1.29 is 19.1 Å². The van der Waals surface area contributed by atoms with Gasteiger partial charge in [-0.1, -0.05) is 37.5 Å². The van der Waals surface area contributed by atoms with Crippen molar-refractivity contribution in [3.05, 3.63) is 47.9 Å². The topological polar surface area (TPSA) is 90.0 Å². The van der Waals surface area contributed by atoms with Crippen molar-refractivity contribution >= 4 is 22.8 Å². The van der Waals surface area contributed by atoms with Crippen LogP contribution in [0.25, 0.3) is 10.9 Å². The average molecular weight is 509 g/mol. The third kappa shape index (κ3) is 5.21. The summed E-state index contributed by atoms with van der Waals surface area (Å²) in [6.45, 7) is 3.31. The van der Waals surface area contributed by atoms with Crippen LogP contribution in [-0.2, 0) is 22.9 Å². The van der Waals surface area contributed by atoms with E-state index in [0.717, 1.165) is 47.8 Å². The van der Waals surface area contributed by atoms with Crippen LogP contribution in [0.15, 0.2) is 36.7 Å². The van der Waals surface area contributed by atoms with Gasteiger partial charge in [-0.25, -0.2) is 4.79 Å². The standard InChI is InChI=1S/C29H40N4O4/c1-20-32(18-22-12-13-25-27(28(22)34)23-10-6-7-11-24(23)31(25)2)16-17-33(20)19-36-29(35)37-26(14-15-30)21-8-4-3-5-9-21/h6-7,10-11,16-17,20-22,26H,3-5,8-9,12-15,18-19,30H2,1-2H3. The molecule has 1 saturated carbocycles. The van der Waals surface area contributed by atoms with Crippen molar-refractivity contribution in [2.24, 2.45) is 24.6 Å². The fourth-order valence-electron chi connectivity index (χ4n) is 6.41. The van der Waals surface area contributed by atoms with Gasteiger partial charge < -0.3 is 29.6 Å². The largest absolute Gasteiger partial charge is 0.510 e. The minimum Gasteiger partial charge on any atom is -0.431 e. The van der Waals surface area contributed by atoms with Gasteiger partial charge >= 0.3 is 6.16 Å². The first-order valence-electron chi connectivity index (χ1n) is 13.8. The molecule has 200 valence electrons. The van der Waals surface area contributed by atoms with Crippen LogP contribution >= 0.6 is 0 Å². The monoisotopic (exact) mass is 508 g/mol. The van der Waals surface area contributed by atoms with Crippen LogP contribution in [0.1, 0.15) is 67.9 Å². The van der Waals surface area contributed by atoms with Crippen LogP contribution in [0.2, 0.25) is 0 Å². The number of ketones is 1. The zero-order valence-corrected chi connectivity index (χ0v) is 22.1. The molecular weight excluding hydrogens is 468 g/mol. The van der Waals surface area contributed by atoms with Crippen LogP contribution in [0, 0.1) is 11.8 Å². The summed E-state index contributed by atoms with van der Waals surface area (Å²) in [5.41, 5.74) is 8.92. The third-order valence-electron chi connectivity index (χ3n) is 8.62. The number of aromatic nitrogens is 1. The highest BCUT2D eigenvalue weighted by Gasteiger charge is 2.35. The number of nitrogens with zero attached hydrogens (tertiary/aromatic N) is 3. The van der Waals surface area contributed by atoms with Gasteiger partial charge in [0.05, 0.1) is 0 Å². The number of benzene rings is 1. The molecule has 1 aromatic carbocycles. The normalized spacial score (nSPS) is 22.9. The van der Waals surface area contributed by atoms with E-state index in [-0.39, 0.29) is 30.7 Å². The van der Waals surface area contributed by atoms with E-state index in [1.165, 1.54) is 19.3 Å². The van der Waals surface area contributed by atoms with Crippen LogP contribution in [0.3, 0.4) is 0 Å². The van der Waals surface area contributed by atoms with Crippen molar-refractivity contribution in [2.45, 2.75) is 70.6 Å². The lowest BCUT2D eigenvalue weighted by molar-refractivity contribution is -0.0316. The van der Waals surface area contributed by atoms with Gasteiger partial charge in [0.15, 0.2) is 12.5 Å². The molecule has 8 nitrogen and oxygen atoms in total. The second kappa shape index (κ2) is 11.2. The predicted molar refractivity (Wildman–Crippen MR) is 143 cm³/mol. The molecular formula is C29H40N4O4. The van der Waals surface area contributed by atoms with Crippen LogP contribution in [0.5, 0.6) is 0 Å². The maximum atomic E-state index is 13.5. The van der Waals surface area contributed by atoms with Gasteiger partial charge in [-0.05, 0) is 57.6 Å². The molecule has 0 spiro atoms. The molecule has 2 aliphatic carbocycles. The predicted octanol–water partition coefficient (Wildman–Crippen LogP) is 4.77. The number of carbonyl (C=O) groups excluding carboxylic acids is 2. The van der Waals surface area contributed by atoms with Crippen molar-refractivity contribution in [3.8, 4) is 0 Å². The zero-order valence-electron chi connectivity index (χ0n) is 22.1. The molecule has 0 bridgehead atoms. The van der Waals surface area contributed by atoms with Gasteiger partial charge in [-0.15, -0.1) is 0 Å². The first kappa shape index (κ1) is 25.6. The first-order valence-corrected chi connectivity index (χ1v) is 13.8. The second-order valence-electron chi connectivity index (χ2n) is 10.8. The summed E-state index contributed by atoms with van der Waals surface area (Å²) in [6.07, 6.45) is 11.3. The summed E-state index contributed by atoms with van der Waals surface area (Å²) >= 11 is 0. The van der Waals surface area contributed by atoms with E-state index in [0.29, 0.717) is 25.4 Å². The summed E-state index contributed by atoms with van der Waals surface area (Å²) in [4.78, 5) is 30.2. The number of carbonyl (C=O) groups is 2. The lowest BCUT2D eigenvalue weighted by atomic mass is 9.84. The number of hydrogen-bond acceptors (Lipinski definition) is 7. The fourth-order valence-corrected chi connectivity index (χ4v) is 6.41. The Hall–Kier alpha value is -3.00. The molecule has 0 saturated heterocycles. The molecule has 5 rings (SSSR count). The zero-order chi connectivity index (χ0) is 25.9. The highest BCUT2D eigenvalue weighted by molar-refractivity contribution is 6.11. The summed E-state index contributed by atoms with van der Waals surface area (Å²) in [5, 5.41) is 1.05. The maximum absolute atomic E-state index is 13.5. The Bertz CT molecular complexity index is 1150. The Morgan fingerprint density at radius 1 is 1.11 bits per heavy atom. The van der Waals surface area contributed by atoms with Gasteiger partial charge in [-0.2, -0.15) is 0 Å². The molecule has 2 heterocycles. The number of nitrogens with two attached hydrogens (primary N) is 1. The van der Waals surface area contributed by atoms with Gasteiger partial charge in [0.25, 0.3) is 0 Å². The molecule has 37 heavy (non-hydrogen) atoms. The number of rotatable bonds is 8. The van der Waals surface area contributed by atoms with Gasteiger partial charge in [0.2, 0.25) is 0 Å². The molecule has 0 amide bonds.